The number of cyclic esters (lactones) is 1. The van der Waals surface area contributed by atoms with Crippen LogP contribution in [0.4, 0.5) is 0 Å². The molecular weight excluding hydrogens is 1170 g/mol. The number of carbonyl (C=O) groups excluding carboxylic acids is 14. The Labute approximate surface area is 502 Å². The first-order valence-electron chi connectivity index (χ1n) is 27.5. The summed E-state index contributed by atoms with van der Waals surface area (Å²) in [7, 11) is 0. The van der Waals surface area contributed by atoms with Crippen molar-refractivity contribution < 1.29 is 115 Å². The van der Waals surface area contributed by atoms with E-state index in [-0.39, 0.29) is 81.6 Å². The number of rotatable bonds is 23. The average molecular weight is 1260 g/mol. The van der Waals surface area contributed by atoms with E-state index < -0.39 is 170 Å². The van der Waals surface area contributed by atoms with Gasteiger partial charge in [-0.2, -0.15) is 0 Å². The molecule has 3 unspecified atom stereocenters. The Kier molecular flexibility index (Phi) is 38.8. The van der Waals surface area contributed by atoms with E-state index in [9.17, 15) is 93.0 Å². The third kappa shape index (κ3) is 31.9. The van der Waals surface area contributed by atoms with E-state index >= 15 is 0 Å². The number of aliphatic hydroxyl groups excluding tert-OH is 2. The number of aliphatic hydroxyl groups is 2. The van der Waals surface area contributed by atoms with Crippen LogP contribution in [0.2, 0.25) is 0 Å². The molecule has 13 amide bonds. The zero-order valence-corrected chi connectivity index (χ0v) is 49.8. The summed E-state index contributed by atoms with van der Waals surface area (Å²) in [6.45, 7) is 1.27. The van der Waals surface area contributed by atoms with Gasteiger partial charge in [-0.05, 0) is 57.3 Å². The van der Waals surface area contributed by atoms with Crippen molar-refractivity contribution in [2.45, 2.75) is 161 Å². The van der Waals surface area contributed by atoms with E-state index in [0.29, 0.717) is 21.6 Å². The molecule has 85 heavy (non-hydrogen) atoms. The maximum Gasteiger partial charge on any atom is 0.325 e. The summed E-state index contributed by atoms with van der Waals surface area (Å²) in [5.74, 6) is -14.8. The number of amides is 13. The fourth-order valence-corrected chi connectivity index (χ4v) is 7.61. The maximum atomic E-state index is 14.0. The maximum absolute atomic E-state index is 14.0. The average Bonchev–Trinajstić information content (AvgIpc) is 3.57. The number of hydrogen-bond acceptors (Lipinski definition) is 20. The second-order valence-electron chi connectivity index (χ2n) is 19.9. The smallest absolute Gasteiger partial charge is 0.325 e. The monoisotopic (exact) mass is 1260 g/mol. The molecular formula is C51H85FeN13O20. The van der Waals surface area contributed by atoms with Gasteiger partial charge in [0.05, 0.1) is 26.3 Å². The standard InChI is InChI=1S/C51H85N13O20.Fe/c1-7-8-9-10-11-12-13-20-40(70)56-39-29-84-43(73)26-54-45(74)34(17-14-21-62(81)31(4)67)55-41(71)24-53-47(76)37(27-65)59-48(77)36(19-16-23-64(83)33(6)69)58-49(78)38(28-66)60-51(80)44(30(2)3)61-42(72)25-52-46(75)35(57-50(39)79)18-15-22-63(82)32(5)68;/h12-13,30,34-39,44,65-66,81-83H,7-11,14-29H2,1-6H3,(H,52,75)(H,53,76)(H,54,74)(H,55,71)(H,56,70)(H,57,79)(H,58,78)(H,59,77)(H,60,80)(H,61,72);/b13-12-;/t34?,35?,36?,37-,38+,39+,44-;/m1./s1. The number of nitrogens with zero attached hydrogens (tertiary/aromatic N) is 3. The van der Waals surface area contributed by atoms with Gasteiger partial charge in [-0.3, -0.25) is 82.7 Å². The molecule has 1 saturated heterocycles. The number of allylic oxidation sites excluding steroid dienone is 1. The van der Waals surface area contributed by atoms with Crippen LogP contribution < -0.4 is 53.2 Å². The van der Waals surface area contributed by atoms with Crippen LogP contribution in [0, 0.1) is 5.92 Å². The topological polar surface area (TPSA) is 479 Å². The van der Waals surface area contributed by atoms with Gasteiger partial charge in [0.15, 0.2) is 0 Å². The molecule has 0 aromatic heterocycles. The predicted octanol–water partition coefficient (Wildman–Crippen LogP) is -5.11. The largest absolute Gasteiger partial charge is 0.462 e. The minimum absolute atomic E-state index is 0. The molecule has 1 aliphatic heterocycles. The molecule has 0 bridgehead atoms. The second-order valence-corrected chi connectivity index (χ2v) is 19.9. The summed E-state index contributed by atoms with van der Waals surface area (Å²) in [5, 5.41) is 74.2. The quantitative estimate of drug-likeness (QED) is 0.0114. The van der Waals surface area contributed by atoms with Gasteiger partial charge in [0, 0.05) is 63.9 Å². The van der Waals surface area contributed by atoms with Crippen molar-refractivity contribution >= 4 is 82.8 Å². The summed E-state index contributed by atoms with van der Waals surface area (Å²) < 4.78 is 5.28. The van der Waals surface area contributed by atoms with E-state index in [1.54, 1.807) is 12.2 Å². The Morgan fingerprint density at radius 3 is 1.44 bits per heavy atom. The van der Waals surface area contributed by atoms with Crippen LogP contribution in [-0.2, 0) is 88.9 Å². The van der Waals surface area contributed by atoms with Crippen molar-refractivity contribution in [3.63, 3.8) is 0 Å². The van der Waals surface area contributed by atoms with Gasteiger partial charge in [0.2, 0.25) is 76.8 Å². The number of carbonyl (C=O) groups is 14. The number of nitrogens with one attached hydrogen (secondary N) is 10. The van der Waals surface area contributed by atoms with Gasteiger partial charge in [-0.1, -0.05) is 52.2 Å². The number of unbranched alkanes of at least 4 members (excludes halogenated alkanes) is 4. The molecule has 0 saturated carbocycles. The second kappa shape index (κ2) is 42.4. The van der Waals surface area contributed by atoms with Crippen LogP contribution in [0.3, 0.4) is 0 Å². The molecule has 1 fully saturated rings. The van der Waals surface area contributed by atoms with Gasteiger partial charge in [0.1, 0.15) is 55.4 Å². The van der Waals surface area contributed by atoms with Gasteiger partial charge >= 0.3 is 5.97 Å². The molecule has 0 radical (unpaired) electrons. The minimum Gasteiger partial charge on any atom is -0.462 e. The molecule has 0 aromatic carbocycles. The molecule has 1 aliphatic rings. The molecule has 34 heteroatoms. The fourth-order valence-electron chi connectivity index (χ4n) is 7.61. The first kappa shape index (κ1) is 77.6. The predicted molar refractivity (Wildman–Crippen MR) is 290 cm³/mol. The van der Waals surface area contributed by atoms with Gasteiger partial charge in [-0.25, -0.2) is 15.2 Å². The van der Waals surface area contributed by atoms with Crippen molar-refractivity contribution in [3.05, 3.63) is 12.2 Å². The third-order valence-corrected chi connectivity index (χ3v) is 12.5. The molecule has 1 heterocycles. The van der Waals surface area contributed by atoms with Crippen molar-refractivity contribution in [2.24, 2.45) is 5.92 Å². The number of hydrogen-bond donors (Lipinski definition) is 15. The third-order valence-electron chi connectivity index (χ3n) is 12.5. The van der Waals surface area contributed by atoms with Crippen LogP contribution in [0.5, 0.6) is 0 Å². The zero-order valence-electron chi connectivity index (χ0n) is 48.7. The van der Waals surface area contributed by atoms with Crippen LogP contribution in [-0.4, -0.2) is 225 Å². The minimum atomic E-state index is -1.84. The van der Waals surface area contributed by atoms with E-state index in [1.165, 1.54) is 13.8 Å². The van der Waals surface area contributed by atoms with Gasteiger partial charge < -0.3 is 68.1 Å². The number of hydroxylamine groups is 6. The Morgan fingerprint density at radius 2 is 0.953 bits per heavy atom. The Hall–Kier alpha value is -7.36. The molecule has 1 rings (SSSR count). The summed E-state index contributed by atoms with van der Waals surface area (Å²) in [6, 6.07) is -11.7. The van der Waals surface area contributed by atoms with Crippen LogP contribution >= 0.6 is 0 Å². The SMILES string of the molecule is CCCCCC/C=C\CC(=O)N[C@H]1COC(=O)CNC(=O)C(CCCN(O)C(C)=O)NC(=O)CNC(=O)[C@@H](CO)NC(=O)C(CCCN(O)C(C)=O)NC(=O)[C@H](CO)NC(=O)[C@@H](C(C)C)NC(=O)CNC(=O)C(CCCN(O)C(C)=O)NC1=O.[Fe]. The zero-order chi connectivity index (χ0) is 63.5. The van der Waals surface area contributed by atoms with E-state index in [4.69, 9.17) is 4.74 Å². The first-order chi connectivity index (χ1) is 39.6. The number of ether oxygens (including phenoxy) is 1. The van der Waals surface area contributed by atoms with Crippen LogP contribution in [0.15, 0.2) is 12.2 Å². The summed E-state index contributed by atoms with van der Waals surface area (Å²) in [6.07, 6.45) is 6.09. The molecule has 33 nitrogen and oxygen atoms in total. The van der Waals surface area contributed by atoms with Crippen LogP contribution in [0.1, 0.15) is 119 Å². The molecule has 482 valence electrons. The fraction of sp³-hybridized carbons (Fsp3) is 0.686. The molecule has 0 aromatic rings. The Bertz CT molecular complexity index is 2300. The molecule has 7 atom stereocenters. The Balaban J connectivity index is 0.0000706. The summed E-state index contributed by atoms with van der Waals surface area (Å²) in [4.78, 5) is 184. The summed E-state index contributed by atoms with van der Waals surface area (Å²) in [5.41, 5.74) is 0. The number of esters is 1. The molecule has 0 aliphatic carbocycles. The van der Waals surface area contributed by atoms with Gasteiger partial charge in [0.25, 0.3) is 0 Å². The van der Waals surface area contributed by atoms with Crippen molar-refractivity contribution in [2.75, 3.05) is 59.1 Å². The van der Waals surface area contributed by atoms with Gasteiger partial charge in [-0.15, -0.1) is 0 Å². The normalized spacial score (nSPS) is 21.5. The van der Waals surface area contributed by atoms with E-state index in [1.807, 2.05) is 0 Å². The van der Waals surface area contributed by atoms with Crippen molar-refractivity contribution in [1.82, 2.24) is 68.4 Å². The van der Waals surface area contributed by atoms with Crippen molar-refractivity contribution in [3.8, 4) is 0 Å². The van der Waals surface area contributed by atoms with E-state index in [2.05, 4.69) is 60.1 Å². The molecule has 15 N–H and O–H groups in total. The Morgan fingerprint density at radius 1 is 0.541 bits per heavy atom. The summed E-state index contributed by atoms with van der Waals surface area (Å²) >= 11 is 0. The first-order valence-corrected chi connectivity index (χ1v) is 27.5. The molecule has 0 spiro atoms. The van der Waals surface area contributed by atoms with E-state index in [0.717, 1.165) is 46.5 Å². The van der Waals surface area contributed by atoms with Crippen LogP contribution in [0.25, 0.3) is 0 Å². The van der Waals surface area contributed by atoms with Crippen molar-refractivity contribution in [1.29, 1.82) is 0 Å².